The van der Waals surface area contributed by atoms with Crippen molar-refractivity contribution in [3.8, 4) is 0 Å². The Morgan fingerprint density at radius 2 is 1.88 bits per heavy atom. The van der Waals surface area contributed by atoms with E-state index in [9.17, 15) is 9.59 Å². The van der Waals surface area contributed by atoms with E-state index in [1.807, 2.05) is 73.6 Å². The SMILES string of the molecule is CN(C)c1cnnc(Nc2ccc(NC(=O)C3CC(=O)N(c4cccc(Br)c4)C3)cc2)c1. The molecule has 2 heterocycles. The molecular weight excluding hydrogens is 472 g/mol. The summed E-state index contributed by atoms with van der Waals surface area (Å²) in [4.78, 5) is 28.8. The lowest BCUT2D eigenvalue weighted by molar-refractivity contribution is -0.122. The zero-order valence-corrected chi connectivity index (χ0v) is 19.3. The van der Waals surface area contributed by atoms with Gasteiger partial charge in [0.2, 0.25) is 11.8 Å². The molecule has 164 valence electrons. The smallest absolute Gasteiger partial charge is 0.229 e. The number of rotatable bonds is 6. The van der Waals surface area contributed by atoms with Gasteiger partial charge in [0.1, 0.15) is 0 Å². The van der Waals surface area contributed by atoms with Crippen LogP contribution in [0, 0.1) is 5.92 Å². The van der Waals surface area contributed by atoms with Crippen LogP contribution in [0.2, 0.25) is 0 Å². The molecule has 1 aliphatic heterocycles. The van der Waals surface area contributed by atoms with E-state index in [0.717, 1.165) is 21.5 Å². The Bertz CT molecular complexity index is 1140. The minimum Gasteiger partial charge on any atom is -0.376 e. The van der Waals surface area contributed by atoms with Crippen LogP contribution >= 0.6 is 15.9 Å². The van der Waals surface area contributed by atoms with Gasteiger partial charge in [0.25, 0.3) is 0 Å². The number of nitrogens with one attached hydrogen (secondary N) is 2. The molecule has 1 aromatic heterocycles. The highest BCUT2D eigenvalue weighted by atomic mass is 79.9. The molecule has 0 radical (unpaired) electrons. The number of amides is 2. The molecule has 4 rings (SSSR count). The van der Waals surface area contributed by atoms with Crippen molar-refractivity contribution in [2.24, 2.45) is 5.92 Å². The van der Waals surface area contributed by atoms with E-state index >= 15 is 0 Å². The van der Waals surface area contributed by atoms with Crippen molar-refractivity contribution >= 4 is 56.3 Å². The average molecular weight is 495 g/mol. The predicted molar refractivity (Wildman–Crippen MR) is 129 cm³/mol. The number of halogens is 1. The molecule has 2 aromatic carbocycles. The maximum Gasteiger partial charge on any atom is 0.229 e. The molecule has 2 N–H and O–H groups in total. The van der Waals surface area contributed by atoms with Crippen LogP contribution in [0.3, 0.4) is 0 Å². The van der Waals surface area contributed by atoms with Gasteiger partial charge in [-0.3, -0.25) is 9.59 Å². The molecule has 2 amide bonds. The fraction of sp³-hybridized carbons (Fsp3) is 0.217. The van der Waals surface area contributed by atoms with Crippen LogP contribution < -0.4 is 20.4 Å². The Hall–Kier alpha value is -3.46. The van der Waals surface area contributed by atoms with E-state index in [1.54, 1.807) is 11.1 Å². The summed E-state index contributed by atoms with van der Waals surface area (Å²) in [6.07, 6.45) is 1.88. The van der Waals surface area contributed by atoms with Crippen molar-refractivity contribution in [2.45, 2.75) is 6.42 Å². The molecule has 8 nitrogen and oxygen atoms in total. The standard InChI is InChI=1S/C23H23BrN6O2/c1-29(2)20-12-21(28-25-13-20)26-17-6-8-18(9-7-17)27-23(32)15-10-22(31)30(14-15)19-5-3-4-16(24)11-19/h3-9,11-13,15H,10,14H2,1-2H3,(H,26,28)(H,27,32). The zero-order valence-electron chi connectivity index (χ0n) is 17.7. The van der Waals surface area contributed by atoms with E-state index in [0.29, 0.717) is 18.1 Å². The quantitative estimate of drug-likeness (QED) is 0.537. The molecule has 3 aromatic rings. The highest BCUT2D eigenvalue weighted by Crippen LogP contribution is 2.28. The summed E-state index contributed by atoms with van der Waals surface area (Å²) in [7, 11) is 3.88. The molecule has 1 atom stereocenters. The number of aromatic nitrogens is 2. The third kappa shape index (κ3) is 5.05. The first-order valence-corrected chi connectivity index (χ1v) is 10.9. The van der Waals surface area contributed by atoms with E-state index in [1.165, 1.54) is 0 Å². The topological polar surface area (TPSA) is 90.5 Å². The Balaban J connectivity index is 1.37. The lowest BCUT2D eigenvalue weighted by atomic mass is 10.1. The van der Waals surface area contributed by atoms with Crippen molar-refractivity contribution < 1.29 is 9.59 Å². The van der Waals surface area contributed by atoms with E-state index < -0.39 is 5.92 Å². The predicted octanol–water partition coefficient (Wildman–Crippen LogP) is 4.04. The second-order valence-corrected chi connectivity index (χ2v) is 8.69. The van der Waals surface area contributed by atoms with Crippen LogP contribution in [0.4, 0.5) is 28.6 Å². The molecule has 0 spiro atoms. The molecule has 1 unspecified atom stereocenters. The normalized spacial score (nSPS) is 15.5. The van der Waals surface area contributed by atoms with Crippen LogP contribution in [-0.4, -0.2) is 42.7 Å². The first-order chi connectivity index (χ1) is 15.4. The third-order valence-corrected chi connectivity index (χ3v) is 5.69. The van der Waals surface area contributed by atoms with Crippen LogP contribution in [0.5, 0.6) is 0 Å². The summed E-state index contributed by atoms with van der Waals surface area (Å²) < 4.78 is 0.892. The number of hydrogen-bond donors (Lipinski definition) is 2. The Morgan fingerprint density at radius 1 is 1.12 bits per heavy atom. The van der Waals surface area contributed by atoms with E-state index in [2.05, 4.69) is 36.8 Å². The van der Waals surface area contributed by atoms with Gasteiger partial charge in [-0.1, -0.05) is 22.0 Å². The van der Waals surface area contributed by atoms with Crippen LogP contribution in [0.15, 0.2) is 65.3 Å². The molecule has 0 aliphatic carbocycles. The molecule has 9 heteroatoms. The lowest BCUT2D eigenvalue weighted by Crippen LogP contribution is -2.28. The minimum atomic E-state index is -0.400. The number of carbonyl (C=O) groups excluding carboxylic acids is 2. The fourth-order valence-corrected chi connectivity index (χ4v) is 3.86. The van der Waals surface area contributed by atoms with Gasteiger partial charge in [-0.15, -0.1) is 5.10 Å². The summed E-state index contributed by atoms with van der Waals surface area (Å²) in [6, 6.07) is 16.8. The van der Waals surface area contributed by atoms with Crippen LogP contribution in [0.1, 0.15) is 6.42 Å². The summed E-state index contributed by atoms with van der Waals surface area (Å²) in [6.45, 7) is 0.363. The second kappa shape index (κ2) is 9.35. The van der Waals surface area contributed by atoms with Gasteiger partial charge >= 0.3 is 0 Å². The highest BCUT2D eigenvalue weighted by Gasteiger charge is 2.35. The van der Waals surface area contributed by atoms with Crippen molar-refractivity contribution in [1.29, 1.82) is 0 Å². The molecule has 32 heavy (non-hydrogen) atoms. The van der Waals surface area contributed by atoms with Gasteiger partial charge < -0.3 is 20.4 Å². The first-order valence-electron chi connectivity index (χ1n) is 10.1. The van der Waals surface area contributed by atoms with Gasteiger partial charge in [0.05, 0.1) is 17.8 Å². The number of benzene rings is 2. The second-order valence-electron chi connectivity index (χ2n) is 7.77. The average Bonchev–Trinajstić information content (AvgIpc) is 3.17. The van der Waals surface area contributed by atoms with Crippen molar-refractivity contribution in [3.05, 3.63) is 65.3 Å². The van der Waals surface area contributed by atoms with Crippen molar-refractivity contribution in [1.82, 2.24) is 10.2 Å². The molecular formula is C23H23BrN6O2. The molecule has 1 aliphatic rings. The first kappa shape index (κ1) is 21.8. The Labute approximate surface area is 194 Å². The van der Waals surface area contributed by atoms with Crippen LogP contribution in [-0.2, 0) is 9.59 Å². The maximum absolute atomic E-state index is 12.7. The summed E-state index contributed by atoms with van der Waals surface area (Å²) >= 11 is 3.42. The van der Waals surface area contributed by atoms with Gasteiger partial charge in [0.15, 0.2) is 5.82 Å². The number of nitrogens with zero attached hydrogens (tertiary/aromatic N) is 4. The van der Waals surface area contributed by atoms with Gasteiger partial charge in [0, 0.05) is 54.7 Å². The van der Waals surface area contributed by atoms with Crippen molar-refractivity contribution in [2.75, 3.05) is 41.1 Å². The monoisotopic (exact) mass is 494 g/mol. The maximum atomic E-state index is 12.7. The Morgan fingerprint density at radius 3 is 2.59 bits per heavy atom. The third-order valence-electron chi connectivity index (χ3n) is 5.20. The lowest BCUT2D eigenvalue weighted by Gasteiger charge is -2.17. The van der Waals surface area contributed by atoms with Gasteiger partial charge in [-0.05, 0) is 42.5 Å². The summed E-state index contributed by atoms with van der Waals surface area (Å²) in [5, 5.41) is 14.2. The summed E-state index contributed by atoms with van der Waals surface area (Å²) in [5.74, 6) is 0.0124. The molecule has 1 saturated heterocycles. The van der Waals surface area contributed by atoms with E-state index in [-0.39, 0.29) is 18.2 Å². The largest absolute Gasteiger partial charge is 0.376 e. The number of anilines is 5. The zero-order chi connectivity index (χ0) is 22.7. The molecule has 0 bridgehead atoms. The van der Waals surface area contributed by atoms with E-state index in [4.69, 9.17) is 0 Å². The molecule has 1 fully saturated rings. The van der Waals surface area contributed by atoms with Gasteiger partial charge in [-0.2, -0.15) is 5.10 Å². The van der Waals surface area contributed by atoms with Crippen LogP contribution in [0.25, 0.3) is 0 Å². The summed E-state index contributed by atoms with van der Waals surface area (Å²) in [5.41, 5.74) is 3.22. The number of hydrogen-bond acceptors (Lipinski definition) is 6. The minimum absolute atomic E-state index is 0.0520. The molecule has 0 saturated carbocycles. The van der Waals surface area contributed by atoms with Crippen molar-refractivity contribution in [3.63, 3.8) is 0 Å². The Kier molecular flexibility index (Phi) is 6.36. The number of carbonyl (C=O) groups is 2. The fourth-order valence-electron chi connectivity index (χ4n) is 3.47. The van der Waals surface area contributed by atoms with Gasteiger partial charge in [-0.25, -0.2) is 0 Å². The highest BCUT2D eigenvalue weighted by molar-refractivity contribution is 9.10.